The predicted molar refractivity (Wildman–Crippen MR) is 134 cm³/mol. The zero-order chi connectivity index (χ0) is 24.7. The Balaban J connectivity index is 0.000000350. The molecule has 0 saturated heterocycles. The average Bonchev–Trinajstić information content (AvgIpc) is 3.11. The lowest BCUT2D eigenvalue weighted by molar-refractivity contribution is -0.134. The van der Waals surface area contributed by atoms with Crippen LogP contribution in [0.2, 0.25) is 0 Å². The molecule has 0 amide bonds. The first kappa shape index (κ1) is 24.7. The second kappa shape index (κ2) is 11.2. The Morgan fingerprint density at radius 3 is 2.44 bits per heavy atom. The second-order valence-electron chi connectivity index (χ2n) is 7.75. The van der Waals surface area contributed by atoms with E-state index in [2.05, 4.69) is 64.3 Å². The summed E-state index contributed by atoms with van der Waals surface area (Å²) in [6.45, 7) is 7.28. The van der Waals surface area contributed by atoms with Gasteiger partial charge in [-0.1, -0.05) is 6.92 Å². The maximum absolute atomic E-state index is 9.55. The van der Waals surface area contributed by atoms with E-state index in [1.807, 2.05) is 18.6 Å². The second-order valence-corrected chi connectivity index (χ2v) is 7.75. The highest BCUT2D eigenvalue weighted by molar-refractivity contribution is 6.15. The molecule has 0 aliphatic carbocycles. The lowest BCUT2D eigenvalue weighted by Crippen LogP contribution is -2.17. The number of nitrogens with zero attached hydrogens (tertiary/aromatic N) is 3. The molecule has 4 rings (SSSR count). The highest BCUT2D eigenvalue weighted by Gasteiger charge is 2.15. The van der Waals surface area contributed by atoms with Gasteiger partial charge in [0, 0.05) is 60.5 Å². The monoisotopic (exact) mass is 463 g/mol. The molecule has 0 saturated carbocycles. The first-order valence-corrected chi connectivity index (χ1v) is 11.0. The quantitative estimate of drug-likeness (QED) is 0.230. The van der Waals surface area contributed by atoms with Crippen molar-refractivity contribution in [2.75, 3.05) is 25.0 Å². The van der Waals surface area contributed by atoms with Gasteiger partial charge in [0.2, 0.25) is 0 Å². The van der Waals surface area contributed by atoms with Crippen LogP contribution in [-0.2, 0) is 16.6 Å². The summed E-state index contributed by atoms with van der Waals surface area (Å²) in [6.07, 6.45) is 7.91. The molecule has 0 unspecified atom stereocenters. The highest BCUT2D eigenvalue weighted by atomic mass is 16.4. The molecule has 9 heteroatoms. The molecule has 178 valence electrons. The van der Waals surface area contributed by atoms with E-state index in [0.29, 0.717) is 12.2 Å². The molecule has 0 aliphatic heterocycles. The smallest absolute Gasteiger partial charge is 0.328 e. The lowest BCUT2D eigenvalue weighted by atomic mass is 10.0. The first-order chi connectivity index (χ1) is 16.3. The minimum absolute atomic E-state index is 0.558. The van der Waals surface area contributed by atoms with Gasteiger partial charge in [0.1, 0.15) is 5.82 Å². The number of aromatic nitrogens is 3. The van der Waals surface area contributed by atoms with E-state index < -0.39 is 11.9 Å². The highest BCUT2D eigenvalue weighted by Crippen LogP contribution is 2.36. The van der Waals surface area contributed by atoms with Gasteiger partial charge in [-0.25, -0.2) is 14.6 Å². The molecule has 1 aromatic carbocycles. The summed E-state index contributed by atoms with van der Waals surface area (Å²) in [6, 6.07) is 6.46. The van der Waals surface area contributed by atoms with Crippen LogP contribution in [0.15, 0.2) is 48.9 Å². The third-order valence-corrected chi connectivity index (χ3v) is 5.52. The number of pyridine rings is 2. The van der Waals surface area contributed by atoms with Crippen LogP contribution in [0, 0.1) is 6.92 Å². The van der Waals surface area contributed by atoms with Gasteiger partial charge in [0.15, 0.2) is 0 Å². The van der Waals surface area contributed by atoms with E-state index in [1.165, 1.54) is 38.1 Å². The number of hydrogen-bond donors (Lipinski definition) is 4. The Hall–Kier alpha value is -3.98. The van der Waals surface area contributed by atoms with E-state index >= 15 is 0 Å². The van der Waals surface area contributed by atoms with Crippen LogP contribution >= 0.6 is 0 Å². The van der Waals surface area contributed by atoms with Gasteiger partial charge in [-0.2, -0.15) is 0 Å². The Labute approximate surface area is 197 Å². The molecule has 3 heterocycles. The van der Waals surface area contributed by atoms with Crippen molar-refractivity contribution in [3.8, 4) is 0 Å². The fourth-order valence-corrected chi connectivity index (χ4v) is 4.01. The Morgan fingerprint density at radius 1 is 1.03 bits per heavy atom. The van der Waals surface area contributed by atoms with Crippen molar-refractivity contribution >= 4 is 50.3 Å². The SMILES string of the molecule is CCNCCCNc1nccc2c(C)c3c(cc12)c1cnccc1n3C.O=C(O)/C=C\C(=O)O. The van der Waals surface area contributed by atoms with E-state index in [-0.39, 0.29) is 0 Å². The van der Waals surface area contributed by atoms with Crippen LogP contribution in [0.1, 0.15) is 18.9 Å². The van der Waals surface area contributed by atoms with Gasteiger partial charge in [-0.3, -0.25) is 4.98 Å². The fraction of sp³-hybridized carbons (Fsp3) is 0.280. The number of carbonyl (C=O) groups is 2. The number of rotatable bonds is 8. The molecule has 34 heavy (non-hydrogen) atoms. The number of aliphatic carboxylic acids is 2. The molecule has 3 aromatic heterocycles. The Bertz CT molecular complexity index is 1340. The molecule has 0 fully saturated rings. The number of carboxylic acid groups (broad SMARTS) is 2. The zero-order valence-electron chi connectivity index (χ0n) is 19.5. The normalized spacial score (nSPS) is 11.1. The summed E-state index contributed by atoms with van der Waals surface area (Å²) >= 11 is 0. The molecular weight excluding hydrogens is 434 g/mol. The molecular formula is C25H29N5O4. The van der Waals surface area contributed by atoms with E-state index in [1.54, 1.807) is 0 Å². The van der Waals surface area contributed by atoms with Crippen molar-refractivity contribution in [2.24, 2.45) is 7.05 Å². The van der Waals surface area contributed by atoms with Crippen molar-refractivity contribution in [2.45, 2.75) is 20.3 Å². The van der Waals surface area contributed by atoms with Gasteiger partial charge in [0.05, 0.1) is 11.0 Å². The molecule has 0 bridgehead atoms. The molecule has 4 aromatic rings. The first-order valence-electron chi connectivity index (χ1n) is 11.0. The molecule has 9 nitrogen and oxygen atoms in total. The van der Waals surface area contributed by atoms with Gasteiger partial charge in [-0.05, 0) is 55.6 Å². The summed E-state index contributed by atoms with van der Waals surface area (Å²) in [4.78, 5) is 28.0. The van der Waals surface area contributed by atoms with Crippen molar-refractivity contribution in [1.29, 1.82) is 0 Å². The van der Waals surface area contributed by atoms with Crippen LogP contribution in [0.4, 0.5) is 5.82 Å². The summed E-state index contributed by atoms with van der Waals surface area (Å²) in [5.41, 5.74) is 3.76. The van der Waals surface area contributed by atoms with Gasteiger partial charge < -0.3 is 25.4 Å². The fourth-order valence-electron chi connectivity index (χ4n) is 4.01. The summed E-state index contributed by atoms with van der Waals surface area (Å²) in [5.74, 6) is -1.55. The molecule has 4 N–H and O–H groups in total. The minimum Gasteiger partial charge on any atom is -0.478 e. The molecule has 0 radical (unpaired) electrons. The number of fused-ring (bicyclic) bond motifs is 4. The van der Waals surface area contributed by atoms with E-state index in [9.17, 15) is 9.59 Å². The maximum atomic E-state index is 9.55. The summed E-state index contributed by atoms with van der Waals surface area (Å²) in [7, 11) is 2.13. The number of hydrogen-bond acceptors (Lipinski definition) is 6. The van der Waals surface area contributed by atoms with Crippen molar-refractivity contribution in [3.05, 3.63) is 54.5 Å². The molecule has 0 aliphatic rings. The van der Waals surface area contributed by atoms with Gasteiger partial charge in [0.25, 0.3) is 0 Å². The standard InChI is InChI=1S/C21H25N5.C4H4O4/c1-4-22-8-5-9-24-21-17-12-16-18-13-23-10-7-19(18)26(3)20(16)14(2)15(17)6-11-25-21;5-3(6)1-2-4(7)8/h6-7,10-13,22H,4-5,8-9H2,1-3H3,(H,24,25);1-2H,(H,5,6)(H,7,8)/b;2-1-. The van der Waals surface area contributed by atoms with E-state index in [0.717, 1.165) is 31.9 Å². The van der Waals surface area contributed by atoms with Crippen molar-refractivity contribution in [1.82, 2.24) is 19.9 Å². The molecule has 0 spiro atoms. The zero-order valence-corrected chi connectivity index (χ0v) is 19.5. The maximum Gasteiger partial charge on any atom is 0.328 e. The minimum atomic E-state index is -1.26. The molecule has 0 atom stereocenters. The van der Waals surface area contributed by atoms with E-state index in [4.69, 9.17) is 10.2 Å². The topological polar surface area (TPSA) is 129 Å². The van der Waals surface area contributed by atoms with Gasteiger partial charge in [-0.15, -0.1) is 0 Å². The Morgan fingerprint density at radius 2 is 1.76 bits per heavy atom. The average molecular weight is 464 g/mol. The third kappa shape index (κ3) is 5.49. The van der Waals surface area contributed by atoms with Crippen LogP contribution in [-0.4, -0.2) is 56.3 Å². The predicted octanol–water partition coefficient (Wildman–Crippen LogP) is 3.71. The van der Waals surface area contributed by atoms with Crippen molar-refractivity contribution in [3.63, 3.8) is 0 Å². The lowest BCUT2D eigenvalue weighted by Gasteiger charge is -2.12. The number of aryl methyl sites for hydroxylation is 2. The van der Waals surface area contributed by atoms with Crippen molar-refractivity contribution < 1.29 is 19.8 Å². The van der Waals surface area contributed by atoms with Crippen LogP contribution in [0.25, 0.3) is 32.6 Å². The van der Waals surface area contributed by atoms with Crippen LogP contribution in [0.3, 0.4) is 0 Å². The number of carboxylic acids is 2. The largest absolute Gasteiger partial charge is 0.478 e. The van der Waals surface area contributed by atoms with Crippen LogP contribution in [0.5, 0.6) is 0 Å². The summed E-state index contributed by atoms with van der Waals surface area (Å²) in [5, 5.41) is 27.4. The van der Waals surface area contributed by atoms with Crippen LogP contribution < -0.4 is 10.6 Å². The summed E-state index contributed by atoms with van der Waals surface area (Å²) < 4.78 is 2.27. The third-order valence-electron chi connectivity index (χ3n) is 5.52. The number of nitrogens with one attached hydrogen (secondary N) is 2. The number of anilines is 1. The Kier molecular flexibility index (Phi) is 8.15. The van der Waals surface area contributed by atoms with Gasteiger partial charge >= 0.3 is 11.9 Å². The number of benzene rings is 1.